The fourth-order valence-corrected chi connectivity index (χ4v) is 1.53. The summed E-state index contributed by atoms with van der Waals surface area (Å²) in [7, 11) is 1.75. The molecular weight excluding hydrogens is 232 g/mol. The number of nitrogens with one attached hydrogen (secondary N) is 1. The molecule has 0 aliphatic rings. The first-order valence-corrected chi connectivity index (χ1v) is 6.31. The Morgan fingerprint density at radius 3 is 2.67 bits per heavy atom. The first-order chi connectivity index (χ1) is 8.47. The predicted octanol–water partition coefficient (Wildman–Crippen LogP) is 2.24. The Bertz CT molecular complexity index is 279. The van der Waals surface area contributed by atoms with Crippen molar-refractivity contribution in [2.45, 2.75) is 45.1 Å². The lowest BCUT2D eigenvalue weighted by atomic mass is 10.1. The molecule has 5 heteroatoms. The van der Waals surface area contributed by atoms with Crippen LogP contribution in [-0.2, 0) is 4.79 Å². The summed E-state index contributed by atoms with van der Waals surface area (Å²) in [5.74, 6) is -0.796. The smallest absolute Gasteiger partial charge is 0.317 e. The molecule has 5 nitrogen and oxygen atoms in total. The number of aliphatic carboxylic acids is 1. The number of rotatable bonds is 9. The quantitative estimate of drug-likeness (QED) is 0.491. The molecule has 0 rings (SSSR count). The van der Waals surface area contributed by atoms with Gasteiger partial charge in [-0.3, -0.25) is 4.79 Å². The van der Waals surface area contributed by atoms with Crippen LogP contribution in [-0.4, -0.2) is 41.6 Å². The van der Waals surface area contributed by atoms with E-state index in [1.165, 1.54) is 0 Å². The molecule has 2 N–H and O–H groups in total. The lowest BCUT2D eigenvalue weighted by Gasteiger charge is -2.21. The van der Waals surface area contributed by atoms with Gasteiger partial charge in [0.1, 0.15) is 0 Å². The first kappa shape index (κ1) is 16.5. The number of unbranched alkanes of at least 4 members (excludes halogenated alkanes) is 1. The Balaban J connectivity index is 3.77. The van der Waals surface area contributed by atoms with Gasteiger partial charge < -0.3 is 15.3 Å². The van der Waals surface area contributed by atoms with E-state index in [0.29, 0.717) is 19.4 Å². The highest BCUT2D eigenvalue weighted by atomic mass is 16.4. The molecule has 0 bridgehead atoms. The van der Waals surface area contributed by atoms with Gasteiger partial charge in [-0.25, -0.2) is 4.79 Å². The fraction of sp³-hybridized carbons (Fsp3) is 0.692. The monoisotopic (exact) mass is 256 g/mol. The molecule has 0 aromatic rings. The van der Waals surface area contributed by atoms with Gasteiger partial charge >= 0.3 is 12.0 Å². The highest BCUT2D eigenvalue weighted by Crippen LogP contribution is 2.01. The molecule has 0 spiro atoms. The Morgan fingerprint density at radius 2 is 2.11 bits per heavy atom. The van der Waals surface area contributed by atoms with Gasteiger partial charge in [0.15, 0.2) is 0 Å². The van der Waals surface area contributed by atoms with E-state index in [-0.39, 0.29) is 18.5 Å². The summed E-state index contributed by atoms with van der Waals surface area (Å²) >= 11 is 0. The van der Waals surface area contributed by atoms with Crippen molar-refractivity contribution in [2.75, 3.05) is 13.6 Å². The summed E-state index contributed by atoms with van der Waals surface area (Å²) in [5, 5.41) is 11.4. The van der Waals surface area contributed by atoms with Crippen molar-refractivity contribution in [1.29, 1.82) is 0 Å². The van der Waals surface area contributed by atoms with E-state index in [1.54, 1.807) is 11.9 Å². The van der Waals surface area contributed by atoms with Crippen LogP contribution in [0.2, 0.25) is 0 Å². The minimum Gasteiger partial charge on any atom is -0.481 e. The predicted molar refractivity (Wildman–Crippen MR) is 71.5 cm³/mol. The zero-order chi connectivity index (χ0) is 14.0. The van der Waals surface area contributed by atoms with E-state index in [9.17, 15) is 9.59 Å². The van der Waals surface area contributed by atoms with Crippen LogP contribution < -0.4 is 5.32 Å². The van der Waals surface area contributed by atoms with E-state index < -0.39 is 5.97 Å². The molecule has 0 aromatic heterocycles. The molecule has 0 aliphatic heterocycles. The maximum Gasteiger partial charge on any atom is 0.317 e. The van der Waals surface area contributed by atoms with E-state index in [4.69, 9.17) is 5.11 Å². The van der Waals surface area contributed by atoms with Gasteiger partial charge in [-0.15, -0.1) is 6.58 Å². The molecule has 0 aliphatic carbocycles. The number of hydrogen-bond acceptors (Lipinski definition) is 2. The number of carbonyl (C=O) groups excluding carboxylic acids is 1. The Labute approximate surface area is 109 Å². The maximum atomic E-state index is 11.7. The standard InChI is InChI=1S/C13H24N2O3/c1-4-5-6-10-15(3)13(18)14-11(2)8-7-9-12(16)17/h4,11H,1,5-10H2,2-3H3,(H,14,18)(H,16,17). The van der Waals surface area contributed by atoms with E-state index in [1.807, 2.05) is 13.0 Å². The number of carbonyl (C=O) groups is 2. The minimum absolute atomic E-state index is 0.00120. The molecule has 18 heavy (non-hydrogen) atoms. The van der Waals surface area contributed by atoms with E-state index in [2.05, 4.69) is 11.9 Å². The summed E-state index contributed by atoms with van der Waals surface area (Å²) < 4.78 is 0. The van der Waals surface area contributed by atoms with Crippen LogP contribution in [0.5, 0.6) is 0 Å². The van der Waals surface area contributed by atoms with Crippen molar-refractivity contribution >= 4 is 12.0 Å². The molecule has 0 radical (unpaired) electrons. The van der Waals surface area contributed by atoms with Crippen molar-refractivity contribution < 1.29 is 14.7 Å². The molecular formula is C13H24N2O3. The molecule has 104 valence electrons. The zero-order valence-corrected chi connectivity index (χ0v) is 11.3. The van der Waals surface area contributed by atoms with Gasteiger partial charge in [0.05, 0.1) is 0 Å². The average Bonchev–Trinajstić information content (AvgIpc) is 2.28. The van der Waals surface area contributed by atoms with Gasteiger partial charge in [-0.2, -0.15) is 0 Å². The second-order valence-corrected chi connectivity index (χ2v) is 4.49. The maximum absolute atomic E-state index is 11.7. The summed E-state index contributed by atoms with van der Waals surface area (Å²) in [5.41, 5.74) is 0. The van der Waals surface area contributed by atoms with Crippen molar-refractivity contribution in [2.24, 2.45) is 0 Å². The van der Waals surface area contributed by atoms with Gasteiger partial charge in [-0.1, -0.05) is 6.08 Å². The van der Waals surface area contributed by atoms with E-state index >= 15 is 0 Å². The molecule has 0 fully saturated rings. The summed E-state index contributed by atoms with van der Waals surface area (Å²) in [6.07, 6.45) is 5.04. The third-order valence-corrected chi connectivity index (χ3v) is 2.65. The van der Waals surface area contributed by atoms with Crippen LogP contribution in [0, 0.1) is 0 Å². The highest BCUT2D eigenvalue weighted by Gasteiger charge is 2.11. The van der Waals surface area contributed by atoms with Gasteiger partial charge in [-0.05, 0) is 32.6 Å². The van der Waals surface area contributed by atoms with Crippen molar-refractivity contribution in [3.8, 4) is 0 Å². The highest BCUT2D eigenvalue weighted by molar-refractivity contribution is 5.74. The van der Waals surface area contributed by atoms with Crippen LogP contribution in [0.3, 0.4) is 0 Å². The molecule has 0 saturated carbocycles. The number of urea groups is 1. The lowest BCUT2D eigenvalue weighted by Crippen LogP contribution is -2.42. The number of hydrogen-bond donors (Lipinski definition) is 2. The van der Waals surface area contributed by atoms with Crippen LogP contribution in [0.15, 0.2) is 12.7 Å². The number of carboxylic acid groups (broad SMARTS) is 1. The number of nitrogens with zero attached hydrogens (tertiary/aromatic N) is 1. The van der Waals surface area contributed by atoms with Crippen molar-refractivity contribution in [3.63, 3.8) is 0 Å². The third-order valence-electron chi connectivity index (χ3n) is 2.65. The molecule has 2 amide bonds. The average molecular weight is 256 g/mol. The number of carboxylic acids is 1. The molecule has 0 aromatic carbocycles. The van der Waals surface area contributed by atoms with Crippen molar-refractivity contribution in [1.82, 2.24) is 10.2 Å². The zero-order valence-electron chi connectivity index (χ0n) is 11.3. The largest absolute Gasteiger partial charge is 0.481 e. The topological polar surface area (TPSA) is 69.6 Å². The molecule has 1 unspecified atom stereocenters. The van der Waals surface area contributed by atoms with Crippen LogP contribution >= 0.6 is 0 Å². The molecule has 1 atom stereocenters. The SMILES string of the molecule is C=CCCCN(C)C(=O)NC(C)CCCC(=O)O. The van der Waals surface area contributed by atoms with Gasteiger partial charge in [0.25, 0.3) is 0 Å². The summed E-state index contributed by atoms with van der Waals surface area (Å²) in [4.78, 5) is 23.7. The van der Waals surface area contributed by atoms with Gasteiger partial charge in [0.2, 0.25) is 0 Å². The molecule has 0 saturated heterocycles. The first-order valence-electron chi connectivity index (χ1n) is 6.31. The Hall–Kier alpha value is -1.52. The van der Waals surface area contributed by atoms with E-state index in [0.717, 1.165) is 12.8 Å². The second-order valence-electron chi connectivity index (χ2n) is 4.49. The Kier molecular flexibility index (Phi) is 8.70. The summed E-state index contributed by atoms with van der Waals surface area (Å²) in [6, 6.07) is -0.111. The summed E-state index contributed by atoms with van der Waals surface area (Å²) in [6.45, 7) is 6.21. The second kappa shape index (κ2) is 9.50. The normalized spacial score (nSPS) is 11.7. The molecule has 0 heterocycles. The number of amides is 2. The van der Waals surface area contributed by atoms with Crippen LogP contribution in [0.25, 0.3) is 0 Å². The van der Waals surface area contributed by atoms with Crippen molar-refractivity contribution in [3.05, 3.63) is 12.7 Å². The van der Waals surface area contributed by atoms with Crippen LogP contribution in [0.1, 0.15) is 39.0 Å². The van der Waals surface area contributed by atoms with Crippen LogP contribution in [0.4, 0.5) is 4.79 Å². The third kappa shape index (κ3) is 8.61. The fourth-order valence-electron chi connectivity index (χ4n) is 1.53. The van der Waals surface area contributed by atoms with Gasteiger partial charge in [0, 0.05) is 26.1 Å². The Morgan fingerprint density at radius 1 is 1.44 bits per heavy atom. The lowest BCUT2D eigenvalue weighted by molar-refractivity contribution is -0.137. The number of allylic oxidation sites excluding steroid dienone is 1. The minimum atomic E-state index is -0.796.